The molecule has 0 saturated heterocycles. The molecule has 0 rings (SSSR count). The molecule has 0 heterocycles. The monoisotopic (exact) mass is 679 g/mol. The van der Waals surface area contributed by atoms with Crippen LogP contribution in [-0.4, -0.2) is 37.0 Å². The molecular weight excluding hydrogens is 604 g/mol. The van der Waals surface area contributed by atoms with Crippen molar-refractivity contribution >= 4 is 5.97 Å². The molecule has 0 radical (unpaired) electrons. The van der Waals surface area contributed by atoms with E-state index >= 15 is 0 Å². The van der Waals surface area contributed by atoms with E-state index in [0.717, 1.165) is 70.6 Å². The molecule has 0 spiro atoms. The van der Waals surface area contributed by atoms with Gasteiger partial charge in [0.1, 0.15) is 6.10 Å². The highest BCUT2D eigenvalue weighted by atomic mass is 16.6. The highest BCUT2D eigenvalue weighted by Crippen LogP contribution is 2.10. The minimum absolute atomic E-state index is 0.205. The number of aliphatic hydroxyl groups is 1. The van der Waals surface area contributed by atoms with Crippen molar-refractivity contribution in [3.63, 3.8) is 0 Å². The Morgan fingerprint density at radius 2 is 0.918 bits per heavy atom. The fourth-order valence-electron chi connectivity index (χ4n) is 4.96. The molecule has 0 fully saturated rings. The second-order valence-electron chi connectivity index (χ2n) is 12.6. The third-order valence-electron chi connectivity index (χ3n) is 7.89. The highest BCUT2D eigenvalue weighted by Gasteiger charge is 2.13. The molecule has 0 aliphatic heterocycles. The zero-order valence-electron chi connectivity index (χ0n) is 31.7. The predicted octanol–water partition coefficient (Wildman–Crippen LogP) is 13.0. The number of allylic oxidation sites excluding steroid dienone is 16. The van der Waals surface area contributed by atoms with Crippen LogP contribution in [0.15, 0.2) is 97.2 Å². The first kappa shape index (κ1) is 46.3. The van der Waals surface area contributed by atoms with Gasteiger partial charge in [0, 0.05) is 13.0 Å². The first-order valence-corrected chi connectivity index (χ1v) is 19.8. The summed E-state index contributed by atoms with van der Waals surface area (Å²) in [6.07, 6.45) is 58.9. The van der Waals surface area contributed by atoms with Gasteiger partial charge in [-0.2, -0.15) is 0 Å². The summed E-state index contributed by atoms with van der Waals surface area (Å²) in [7, 11) is 0. The molecule has 1 unspecified atom stereocenters. The molecule has 4 heteroatoms. The average Bonchev–Trinajstić information content (AvgIpc) is 3.11. The summed E-state index contributed by atoms with van der Waals surface area (Å²) in [5.41, 5.74) is 0. The first-order chi connectivity index (χ1) is 24.2. The Kier molecular flexibility index (Phi) is 39.2. The van der Waals surface area contributed by atoms with Crippen LogP contribution in [0.5, 0.6) is 0 Å². The lowest BCUT2D eigenvalue weighted by Gasteiger charge is -2.15. The van der Waals surface area contributed by atoms with Crippen molar-refractivity contribution in [3.05, 3.63) is 97.2 Å². The summed E-state index contributed by atoms with van der Waals surface area (Å²) in [5, 5.41) is 9.57. The summed E-state index contributed by atoms with van der Waals surface area (Å²) in [5.74, 6) is -0.265. The number of rotatable bonds is 35. The van der Waals surface area contributed by atoms with Gasteiger partial charge >= 0.3 is 5.97 Å². The van der Waals surface area contributed by atoms with Gasteiger partial charge in [-0.05, 0) is 89.9 Å². The zero-order chi connectivity index (χ0) is 35.6. The molecule has 0 aromatic rings. The first-order valence-electron chi connectivity index (χ1n) is 19.8. The molecular formula is C45H74O4. The fraction of sp³-hybridized carbons (Fsp3) is 0.622. The van der Waals surface area contributed by atoms with E-state index in [1.807, 2.05) is 0 Å². The van der Waals surface area contributed by atoms with Crippen molar-refractivity contribution in [2.75, 3.05) is 19.8 Å². The standard InChI is InChI=1S/C45H74O4/c1-3-5-7-9-11-13-15-17-19-21-22-23-25-27-29-31-33-35-37-39-41-48-43-44(42-46)49-45(47)40-38-36-34-32-30-28-26-24-20-18-16-14-12-10-8-6-4-2/h6,8,11-14,17-20,22-23,26,28,32,34,44,46H,3-5,7,9-10,15-16,21,24-25,27,29-31,33,35-43H2,1-2H3/b8-6-,13-11-,14-12-,19-17-,20-18-,23-22-,28-26-,34-32-. The topological polar surface area (TPSA) is 55.8 Å². The molecule has 278 valence electrons. The lowest BCUT2D eigenvalue weighted by atomic mass is 10.1. The van der Waals surface area contributed by atoms with Crippen molar-refractivity contribution in [1.82, 2.24) is 0 Å². The quantitative estimate of drug-likeness (QED) is 0.0412. The van der Waals surface area contributed by atoms with Gasteiger partial charge in [-0.15, -0.1) is 0 Å². The maximum absolute atomic E-state index is 12.2. The van der Waals surface area contributed by atoms with Crippen molar-refractivity contribution in [2.24, 2.45) is 0 Å². The smallest absolute Gasteiger partial charge is 0.306 e. The van der Waals surface area contributed by atoms with Crippen LogP contribution in [0.1, 0.15) is 155 Å². The number of hydrogen-bond donors (Lipinski definition) is 1. The Labute approximate surface area is 302 Å². The Hall–Kier alpha value is -2.69. The number of carbonyl (C=O) groups is 1. The van der Waals surface area contributed by atoms with Gasteiger partial charge in [0.25, 0.3) is 0 Å². The van der Waals surface area contributed by atoms with Gasteiger partial charge in [0.05, 0.1) is 13.2 Å². The van der Waals surface area contributed by atoms with Crippen LogP contribution >= 0.6 is 0 Å². The predicted molar refractivity (Wildman–Crippen MR) is 214 cm³/mol. The van der Waals surface area contributed by atoms with E-state index < -0.39 is 6.10 Å². The maximum Gasteiger partial charge on any atom is 0.306 e. The van der Waals surface area contributed by atoms with Crippen LogP contribution in [0.25, 0.3) is 0 Å². The lowest BCUT2D eigenvalue weighted by Crippen LogP contribution is -2.27. The Morgan fingerprint density at radius 3 is 1.39 bits per heavy atom. The van der Waals surface area contributed by atoms with Gasteiger partial charge in [-0.3, -0.25) is 4.79 Å². The molecule has 49 heavy (non-hydrogen) atoms. The Balaban J connectivity index is 3.60. The molecule has 1 N–H and O–H groups in total. The molecule has 0 amide bonds. The van der Waals surface area contributed by atoms with Crippen LogP contribution in [-0.2, 0) is 14.3 Å². The van der Waals surface area contributed by atoms with Crippen LogP contribution < -0.4 is 0 Å². The van der Waals surface area contributed by atoms with Crippen molar-refractivity contribution in [3.8, 4) is 0 Å². The van der Waals surface area contributed by atoms with Crippen LogP contribution in [0.4, 0.5) is 0 Å². The van der Waals surface area contributed by atoms with Crippen LogP contribution in [0.2, 0.25) is 0 Å². The molecule has 0 aromatic heterocycles. The fourth-order valence-corrected chi connectivity index (χ4v) is 4.96. The highest BCUT2D eigenvalue weighted by molar-refractivity contribution is 5.69. The van der Waals surface area contributed by atoms with E-state index in [1.54, 1.807) is 0 Å². The van der Waals surface area contributed by atoms with Gasteiger partial charge in [-0.25, -0.2) is 0 Å². The summed E-state index contributed by atoms with van der Waals surface area (Å²) in [6, 6.07) is 0. The molecule has 4 nitrogen and oxygen atoms in total. The molecule has 0 saturated carbocycles. The van der Waals surface area contributed by atoms with E-state index in [9.17, 15) is 9.90 Å². The molecule has 0 aliphatic carbocycles. The van der Waals surface area contributed by atoms with Gasteiger partial charge in [0.15, 0.2) is 0 Å². The normalized spacial score (nSPS) is 13.4. The van der Waals surface area contributed by atoms with E-state index in [-0.39, 0.29) is 19.2 Å². The molecule has 0 bridgehead atoms. The largest absolute Gasteiger partial charge is 0.457 e. The molecule has 0 aliphatic rings. The third-order valence-corrected chi connectivity index (χ3v) is 7.89. The molecule has 0 aromatic carbocycles. The van der Waals surface area contributed by atoms with E-state index in [4.69, 9.17) is 9.47 Å². The zero-order valence-corrected chi connectivity index (χ0v) is 31.7. The summed E-state index contributed by atoms with van der Waals surface area (Å²) in [6.45, 7) is 5.10. The summed E-state index contributed by atoms with van der Waals surface area (Å²) in [4.78, 5) is 12.2. The summed E-state index contributed by atoms with van der Waals surface area (Å²) >= 11 is 0. The van der Waals surface area contributed by atoms with Gasteiger partial charge in [0.2, 0.25) is 0 Å². The Morgan fingerprint density at radius 1 is 0.510 bits per heavy atom. The number of hydrogen-bond acceptors (Lipinski definition) is 4. The van der Waals surface area contributed by atoms with E-state index in [0.29, 0.717) is 13.0 Å². The number of ether oxygens (including phenoxy) is 2. The summed E-state index contributed by atoms with van der Waals surface area (Å²) < 4.78 is 11.1. The van der Waals surface area contributed by atoms with Crippen molar-refractivity contribution < 1.29 is 19.4 Å². The number of unbranched alkanes of at least 4 members (excludes halogenated alkanes) is 11. The van der Waals surface area contributed by atoms with Crippen molar-refractivity contribution in [2.45, 2.75) is 161 Å². The maximum atomic E-state index is 12.2. The van der Waals surface area contributed by atoms with Gasteiger partial charge in [-0.1, -0.05) is 156 Å². The Bertz CT molecular complexity index is 934. The van der Waals surface area contributed by atoms with E-state index in [1.165, 1.54) is 64.2 Å². The minimum Gasteiger partial charge on any atom is -0.457 e. The second kappa shape index (κ2) is 41.5. The second-order valence-corrected chi connectivity index (χ2v) is 12.6. The van der Waals surface area contributed by atoms with Gasteiger partial charge < -0.3 is 14.6 Å². The minimum atomic E-state index is -0.575. The number of esters is 1. The van der Waals surface area contributed by atoms with Crippen LogP contribution in [0.3, 0.4) is 0 Å². The number of carbonyl (C=O) groups excluding carboxylic acids is 1. The number of aliphatic hydroxyl groups excluding tert-OH is 1. The van der Waals surface area contributed by atoms with Crippen LogP contribution in [0, 0.1) is 0 Å². The van der Waals surface area contributed by atoms with E-state index in [2.05, 4.69) is 111 Å². The average molecular weight is 679 g/mol. The third kappa shape index (κ3) is 39.6. The van der Waals surface area contributed by atoms with Crippen molar-refractivity contribution in [1.29, 1.82) is 0 Å². The lowest BCUT2D eigenvalue weighted by molar-refractivity contribution is -0.154. The SMILES string of the molecule is CC/C=C\C/C=C\C/C=C\C/C=C\C/C=C\CCCC(=O)OC(CO)COCCCCCCCCC/C=C\C/C=C\C/C=C\CCCCC. The molecule has 1 atom stereocenters.